The van der Waals surface area contributed by atoms with E-state index in [1.807, 2.05) is 18.2 Å². The van der Waals surface area contributed by atoms with Crippen molar-refractivity contribution >= 4 is 55.9 Å². The Bertz CT molecular complexity index is 872. The van der Waals surface area contributed by atoms with E-state index in [-0.39, 0.29) is 11.8 Å². The van der Waals surface area contributed by atoms with Gasteiger partial charge >= 0.3 is 0 Å². The van der Waals surface area contributed by atoms with Gasteiger partial charge in [-0.2, -0.15) is 4.99 Å². The molecular formula is C19H18BrN3O2S. The van der Waals surface area contributed by atoms with Crippen LogP contribution in [0, 0.1) is 0 Å². The number of anilines is 1. The molecule has 1 saturated heterocycles. The monoisotopic (exact) mass is 431 g/mol. The van der Waals surface area contributed by atoms with Gasteiger partial charge < -0.3 is 9.80 Å². The summed E-state index contributed by atoms with van der Waals surface area (Å²) in [6.07, 6.45) is 5.13. The highest BCUT2D eigenvalue weighted by atomic mass is 79.9. The molecule has 1 fully saturated rings. The minimum absolute atomic E-state index is 0.163. The summed E-state index contributed by atoms with van der Waals surface area (Å²) in [5.41, 5.74) is 2.03. The van der Waals surface area contributed by atoms with Crippen molar-refractivity contribution in [1.82, 2.24) is 4.90 Å². The van der Waals surface area contributed by atoms with Crippen molar-refractivity contribution in [2.45, 2.75) is 19.3 Å². The summed E-state index contributed by atoms with van der Waals surface area (Å²) in [7, 11) is 0. The molecule has 1 aromatic carbocycles. The quantitative estimate of drug-likeness (QED) is 0.527. The Balaban J connectivity index is 1.75. The summed E-state index contributed by atoms with van der Waals surface area (Å²) in [6.45, 7) is 5.98. The van der Waals surface area contributed by atoms with Crippen molar-refractivity contribution in [1.29, 1.82) is 0 Å². The van der Waals surface area contributed by atoms with Crippen LogP contribution in [0.3, 0.4) is 0 Å². The van der Waals surface area contributed by atoms with Gasteiger partial charge in [-0.05, 0) is 49.2 Å². The Labute approximate surface area is 165 Å². The number of carbonyl (C=O) groups is 2. The van der Waals surface area contributed by atoms with E-state index in [9.17, 15) is 9.59 Å². The first-order valence-corrected chi connectivity index (χ1v) is 10.2. The van der Waals surface area contributed by atoms with Crippen LogP contribution in [0.25, 0.3) is 5.57 Å². The van der Waals surface area contributed by atoms with Gasteiger partial charge in [0.2, 0.25) is 0 Å². The average molecular weight is 432 g/mol. The fourth-order valence-corrected chi connectivity index (χ4v) is 4.92. The highest BCUT2D eigenvalue weighted by Gasteiger charge is 2.39. The zero-order chi connectivity index (χ0) is 18.3. The molecular weight excluding hydrogens is 414 g/mol. The van der Waals surface area contributed by atoms with E-state index >= 15 is 0 Å². The van der Waals surface area contributed by atoms with Crippen LogP contribution < -0.4 is 4.90 Å². The van der Waals surface area contributed by atoms with Crippen LogP contribution in [0.4, 0.5) is 5.69 Å². The molecule has 3 heterocycles. The Hall–Kier alpha value is -1.86. The van der Waals surface area contributed by atoms with Crippen molar-refractivity contribution in [2.24, 2.45) is 4.99 Å². The SMILES string of the molecule is C=CCN1C(=O)/C(=C2/SC(N3CCCCC3)=NC2=O)c2cc(Br)ccc21. The molecule has 0 atom stereocenters. The lowest BCUT2D eigenvalue weighted by Gasteiger charge is -2.27. The maximum absolute atomic E-state index is 13.1. The predicted octanol–water partition coefficient (Wildman–Crippen LogP) is 3.81. The summed E-state index contributed by atoms with van der Waals surface area (Å²) >= 11 is 4.80. The third-order valence-corrected chi connectivity index (χ3v) is 6.34. The zero-order valence-corrected chi connectivity index (χ0v) is 16.6. The number of hydrogen-bond acceptors (Lipinski definition) is 4. The van der Waals surface area contributed by atoms with E-state index in [1.165, 1.54) is 18.2 Å². The maximum Gasteiger partial charge on any atom is 0.287 e. The molecule has 0 radical (unpaired) electrons. The van der Waals surface area contributed by atoms with Crippen LogP contribution in [0.1, 0.15) is 24.8 Å². The number of rotatable bonds is 2. The Morgan fingerprint density at radius 1 is 1.23 bits per heavy atom. The molecule has 1 aromatic rings. The summed E-state index contributed by atoms with van der Waals surface area (Å²) < 4.78 is 0.871. The molecule has 134 valence electrons. The minimum atomic E-state index is -0.315. The Kier molecular flexibility index (Phi) is 4.75. The molecule has 7 heteroatoms. The number of carbonyl (C=O) groups excluding carboxylic acids is 2. The standard InChI is InChI=1S/C19H18BrN3O2S/c1-2-8-23-14-7-6-12(20)11-13(14)15(18(23)25)16-17(24)21-19(26-16)22-9-4-3-5-10-22/h2,6-7,11H,1,3-5,8-10H2/b16-15+. The predicted molar refractivity (Wildman–Crippen MR) is 109 cm³/mol. The highest BCUT2D eigenvalue weighted by Crippen LogP contribution is 2.44. The number of piperidine rings is 1. The molecule has 0 unspecified atom stereocenters. The maximum atomic E-state index is 13.1. The Morgan fingerprint density at radius 3 is 2.73 bits per heavy atom. The second kappa shape index (κ2) is 7.04. The summed E-state index contributed by atoms with van der Waals surface area (Å²) in [6, 6.07) is 5.69. The van der Waals surface area contributed by atoms with Crippen molar-refractivity contribution < 1.29 is 9.59 Å². The molecule has 0 bridgehead atoms. The molecule has 2 amide bonds. The molecule has 3 aliphatic rings. The van der Waals surface area contributed by atoms with Gasteiger partial charge in [0, 0.05) is 29.7 Å². The number of amides is 2. The number of likely N-dealkylation sites (tertiary alicyclic amines) is 1. The third kappa shape index (κ3) is 2.93. The van der Waals surface area contributed by atoms with Crippen molar-refractivity contribution in [2.75, 3.05) is 24.5 Å². The molecule has 3 aliphatic heterocycles. The average Bonchev–Trinajstić information content (AvgIpc) is 3.14. The number of halogens is 1. The zero-order valence-electron chi connectivity index (χ0n) is 14.2. The first kappa shape index (κ1) is 17.5. The number of aliphatic imine (C=N–C) groups is 1. The summed E-state index contributed by atoms with van der Waals surface area (Å²) in [5.74, 6) is -0.478. The highest BCUT2D eigenvalue weighted by molar-refractivity contribution is 9.10. The van der Waals surface area contributed by atoms with Gasteiger partial charge in [0.1, 0.15) is 0 Å². The molecule has 0 N–H and O–H groups in total. The van der Waals surface area contributed by atoms with Gasteiger partial charge in [-0.3, -0.25) is 9.59 Å². The van der Waals surface area contributed by atoms with Crippen molar-refractivity contribution in [3.8, 4) is 0 Å². The lowest BCUT2D eigenvalue weighted by atomic mass is 10.1. The van der Waals surface area contributed by atoms with E-state index in [4.69, 9.17) is 0 Å². The molecule has 26 heavy (non-hydrogen) atoms. The number of amidine groups is 1. The van der Waals surface area contributed by atoms with Crippen LogP contribution in [-0.4, -0.2) is 41.5 Å². The lowest BCUT2D eigenvalue weighted by Crippen LogP contribution is -2.33. The summed E-state index contributed by atoms with van der Waals surface area (Å²) in [5, 5.41) is 0.726. The molecule has 0 aromatic heterocycles. The lowest BCUT2D eigenvalue weighted by molar-refractivity contribution is -0.115. The van der Waals surface area contributed by atoms with E-state index in [0.29, 0.717) is 17.0 Å². The van der Waals surface area contributed by atoms with Gasteiger partial charge in [-0.15, -0.1) is 6.58 Å². The largest absolute Gasteiger partial charge is 0.351 e. The number of benzene rings is 1. The fourth-order valence-electron chi connectivity index (χ4n) is 3.51. The topological polar surface area (TPSA) is 53.0 Å². The minimum Gasteiger partial charge on any atom is -0.351 e. The van der Waals surface area contributed by atoms with Crippen LogP contribution in [-0.2, 0) is 9.59 Å². The number of nitrogens with zero attached hydrogens (tertiary/aromatic N) is 3. The molecule has 0 aliphatic carbocycles. The van der Waals surface area contributed by atoms with E-state index in [0.717, 1.165) is 46.8 Å². The first-order valence-electron chi connectivity index (χ1n) is 8.63. The van der Waals surface area contributed by atoms with Gasteiger partial charge in [-0.25, -0.2) is 0 Å². The van der Waals surface area contributed by atoms with Crippen LogP contribution in [0.15, 0.2) is 45.2 Å². The number of fused-ring (bicyclic) bond motifs is 1. The molecule has 4 rings (SSSR count). The third-order valence-electron chi connectivity index (χ3n) is 4.73. The molecule has 0 saturated carbocycles. The fraction of sp³-hybridized carbons (Fsp3) is 0.316. The van der Waals surface area contributed by atoms with Gasteiger partial charge in [0.05, 0.1) is 16.2 Å². The van der Waals surface area contributed by atoms with Gasteiger partial charge in [0.25, 0.3) is 11.8 Å². The normalized spacial score (nSPS) is 22.7. The second-order valence-electron chi connectivity index (χ2n) is 6.42. The van der Waals surface area contributed by atoms with E-state index < -0.39 is 0 Å². The molecule has 0 spiro atoms. The van der Waals surface area contributed by atoms with Crippen LogP contribution in [0.2, 0.25) is 0 Å². The van der Waals surface area contributed by atoms with Crippen molar-refractivity contribution in [3.63, 3.8) is 0 Å². The molecule has 5 nitrogen and oxygen atoms in total. The van der Waals surface area contributed by atoms with Gasteiger partial charge in [-0.1, -0.05) is 22.0 Å². The Morgan fingerprint density at radius 2 is 2.00 bits per heavy atom. The van der Waals surface area contributed by atoms with E-state index in [2.05, 4.69) is 32.4 Å². The second-order valence-corrected chi connectivity index (χ2v) is 8.31. The van der Waals surface area contributed by atoms with Gasteiger partial charge in [0.15, 0.2) is 5.17 Å². The number of hydrogen-bond donors (Lipinski definition) is 0. The summed E-state index contributed by atoms with van der Waals surface area (Å²) in [4.78, 5) is 34.2. The number of thioether (sulfide) groups is 1. The van der Waals surface area contributed by atoms with E-state index in [1.54, 1.807) is 11.0 Å². The first-order chi connectivity index (χ1) is 12.6. The van der Waals surface area contributed by atoms with Crippen LogP contribution in [0.5, 0.6) is 0 Å². The smallest absolute Gasteiger partial charge is 0.287 e. The van der Waals surface area contributed by atoms with Crippen molar-refractivity contribution in [3.05, 3.63) is 45.8 Å². The van der Waals surface area contributed by atoms with Crippen LogP contribution >= 0.6 is 27.7 Å².